The monoisotopic (exact) mass is 393 g/mol. The van der Waals surface area contributed by atoms with Crippen molar-refractivity contribution in [3.05, 3.63) is 75.6 Å². The van der Waals surface area contributed by atoms with E-state index in [-0.39, 0.29) is 15.9 Å². The molecule has 0 bridgehead atoms. The summed E-state index contributed by atoms with van der Waals surface area (Å²) < 4.78 is 5.58. The van der Waals surface area contributed by atoms with Gasteiger partial charge in [0.1, 0.15) is 16.6 Å². The summed E-state index contributed by atoms with van der Waals surface area (Å²) in [7, 11) is 0. The fraction of sp³-hybridized carbons (Fsp3) is 0. The average molecular weight is 395 g/mol. The molecular formula is C17H10Cl3N3O2. The van der Waals surface area contributed by atoms with Gasteiger partial charge in [-0.05, 0) is 42.5 Å². The lowest BCUT2D eigenvalue weighted by molar-refractivity contribution is 0.102. The zero-order chi connectivity index (χ0) is 17.8. The molecule has 2 heterocycles. The molecule has 3 rings (SSSR count). The number of pyridine rings is 2. The number of hydrogen-bond acceptors (Lipinski definition) is 4. The fourth-order valence-electron chi connectivity index (χ4n) is 1.91. The van der Waals surface area contributed by atoms with E-state index in [1.54, 1.807) is 36.4 Å². The first kappa shape index (κ1) is 17.5. The number of nitrogens with one attached hydrogen (secondary N) is 1. The number of ether oxygens (including phenoxy) is 1. The van der Waals surface area contributed by atoms with Crippen molar-refractivity contribution in [3.63, 3.8) is 0 Å². The molecule has 0 aliphatic rings. The number of nitrogens with zero attached hydrogens (tertiary/aromatic N) is 2. The van der Waals surface area contributed by atoms with Crippen LogP contribution in [0.15, 0.2) is 54.7 Å². The van der Waals surface area contributed by atoms with Gasteiger partial charge in [0.25, 0.3) is 5.91 Å². The lowest BCUT2D eigenvalue weighted by atomic mass is 10.3. The molecule has 0 aliphatic carbocycles. The van der Waals surface area contributed by atoms with Gasteiger partial charge >= 0.3 is 0 Å². The van der Waals surface area contributed by atoms with Crippen molar-refractivity contribution < 1.29 is 9.53 Å². The zero-order valence-electron chi connectivity index (χ0n) is 12.5. The Morgan fingerprint density at radius 3 is 2.40 bits per heavy atom. The molecule has 1 amide bonds. The van der Waals surface area contributed by atoms with E-state index in [1.807, 2.05) is 0 Å². The summed E-state index contributed by atoms with van der Waals surface area (Å²) in [4.78, 5) is 20.3. The Morgan fingerprint density at radius 1 is 0.960 bits per heavy atom. The molecule has 0 aliphatic heterocycles. The summed E-state index contributed by atoms with van der Waals surface area (Å²) in [6.07, 6.45) is 1.46. The smallest absolute Gasteiger partial charge is 0.275 e. The second-order valence-corrected chi connectivity index (χ2v) is 6.09. The minimum Gasteiger partial charge on any atom is -0.439 e. The van der Waals surface area contributed by atoms with E-state index in [0.717, 1.165) is 0 Å². The number of anilines is 1. The molecule has 0 atom stereocenters. The standard InChI is InChI=1S/C17H10Cl3N3O2/c18-10-1-4-12(5-2-10)25-15-8-3-11(9-21-15)22-17(24)16-13(19)6-7-14(20)23-16/h1-9H,(H,22,24). The predicted molar refractivity (Wildman–Crippen MR) is 98.0 cm³/mol. The molecular weight excluding hydrogens is 385 g/mol. The van der Waals surface area contributed by atoms with Crippen LogP contribution in [0.4, 0.5) is 5.69 Å². The van der Waals surface area contributed by atoms with E-state index in [9.17, 15) is 4.79 Å². The Hall–Kier alpha value is -2.34. The molecule has 1 aromatic carbocycles. The molecule has 2 aromatic heterocycles. The van der Waals surface area contributed by atoms with E-state index in [4.69, 9.17) is 39.5 Å². The molecule has 5 nitrogen and oxygen atoms in total. The van der Waals surface area contributed by atoms with Crippen molar-refractivity contribution in [1.29, 1.82) is 0 Å². The van der Waals surface area contributed by atoms with Crippen LogP contribution in [0.25, 0.3) is 0 Å². The van der Waals surface area contributed by atoms with Crippen molar-refractivity contribution in [2.45, 2.75) is 0 Å². The highest BCUT2D eigenvalue weighted by Crippen LogP contribution is 2.23. The minimum atomic E-state index is -0.485. The first-order valence-corrected chi connectivity index (χ1v) is 8.17. The van der Waals surface area contributed by atoms with Crippen LogP contribution in [-0.4, -0.2) is 15.9 Å². The van der Waals surface area contributed by atoms with Gasteiger partial charge in [0.05, 0.1) is 16.9 Å². The van der Waals surface area contributed by atoms with Crippen LogP contribution in [0.2, 0.25) is 15.2 Å². The van der Waals surface area contributed by atoms with Gasteiger partial charge < -0.3 is 10.1 Å². The van der Waals surface area contributed by atoms with Crippen LogP contribution in [0.3, 0.4) is 0 Å². The number of hydrogen-bond donors (Lipinski definition) is 1. The first-order chi connectivity index (χ1) is 12.0. The number of halogens is 3. The third-order valence-electron chi connectivity index (χ3n) is 3.06. The minimum absolute atomic E-state index is 0.0376. The maximum absolute atomic E-state index is 12.2. The van der Waals surface area contributed by atoms with E-state index in [2.05, 4.69) is 15.3 Å². The lowest BCUT2D eigenvalue weighted by Gasteiger charge is -2.08. The van der Waals surface area contributed by atoms with Crippen LogP contribution in [-0.2, 0) is 0 Å². The van der Waals surface area contributed by atoms with Gasteiger partial charge in [-0.1, -0.05) is 34.8 Å². The highest BCUT2D eigenvalue weighted by atomic mass is 35.5. The molecule has 8 heteroatoms. The van der Waals surface area contributed by atoms with Crippen LogP contribution in [0.1, 0.15) is 10.5 Å². The average Bonchev–Trinajstić information content (AvgIpc) is 2.60. The van der Waals surface area contributed by atoms with Gasteiger partial charge in [-0.25, -0.2) is 9.97 Å². The van der Waals surface area contributed by atoms with Gasteiger partial charge in [-0.3, -0.25) is 4.79 Å². The second-order valence-electron chi connectivity index (χ2n) is 4.86. The van der Waals surface area contributed by atoms with Crippen LogP contribution < -0.4 is 10.1 Å². The van der Waals surface area contributed by atoms with Crippen LogP contribution in [0, 0.1) is 0 Å². The number of aromatic nitrogens is 2. The Kier molecular flexibility index (Phi) is 5.38. The topological polar surface area (TPSA) is 64.1 Å². The predicted octanol–water partition coefficient (Wildman–Crippen LogP) is 5.48. The van der Waals surface area contributed by atoms with Crippen molar-refractivity contribution >= 4 is 46.4 Å². The Labute approximate surface area is 158 Å². The maximum Gasteiger partial charge on any atom is 0.275 e. The third-order valence-corrected chi connectivity index (χ3v) is 3.82. The third kappa shape index (κ3) is 4.60. The van der Waals surface area contributed by atoms with Crippen molar-refractivity contribution in [2.24, 2.45) is 0 Å². The highest BCUT2D eigenvalue weighted by molar-refractivity contribution is 6.35. The number of rotatable bonds is 4. The second kappa shape index (κ2) is 7.70. The molecule has 0 unspecified atom stereocenters. The maximum atomic E-state index is 12.2. The summed E-state index contributed by atoms with van der Waals surface area (Å²) in [6.45, 7) is 0. The summed E-state index contributed by atoms with van der Waals surface area (Å²) in [5.74, 6) is 0.489. The number of carbonyl (C=O) groups is 1. The number of carbonyl (C=O) groups excluding carboxylic acids is 1. The fourth-order valence-corrected chi connectivity index (χ4v) is 2.37. The van der Waals surface area contributed by atoms with Gasteiger partial charge in [0.2, 0.25) is 5.88 Å². The molecule has 0 radical (unpaired) electrons. The zero-order valence-corrected chi connectivity index (χ0v) is 14.8. The molecule has 1 N–H and O–H groups in total. The molecule has 25 heavy (non-hydrogen) atoms. The van der Waals surface area contributed by atoms with E-state index in [0.29, 0.717) is 22.3 Å². The quantitative estimate of drug-likeness (QED) is 0.595. The summed E-state index contributed by atoms with van der Waals surface area (Å²) >= 11 is 17.6. The molecule has 3 aromatic rings. The largest absolute Gasteiger partial charge is 0.439 e. The van der Waals surface area contributed by atoms with Gasteiger partial charge in [-0.15, -0.1) is 0 Å². The van der Waals surface area contributed by atoms with E-state index < -0.39 is 5.91 Å². The van der Waals surface area contributed by atoms with Gasteiger partial charge in [0, 0.05) is 11.1 Å². The highest BCUT2D eigenvalue weighted by Gasteiger charge is 2.13. The van der Waals surface area contributed by atoms with Gasteiger partial charge in [0.15, 0.2) is 0 Å². The molecule has 126 valence electrons. The SMILES string of the molecule is O=C(Nc1ccc(Oc2ccc(Cl)cc2)nc1)c1nc(Cl)ccc1Cl. The first-order valence-electron chi connectivity index (χ1n) is 7.04. The lowest BCUT2D eigenvalue weighted by Crippen LogP contribution is -2.14. The number of amides is 1. The van der Waals surface area contributed by atoms with Crippen LogP contribution >= 0.6 is 34.8 Å². The molecule has 0 saturated carbocycles. The van der Waals surface area contributed by atoms with E-state index in [1.165, 1.54) is 18.3 Å². The molecule has 0 saturated heterocycles. The van der Waals surface area contributed by atoms with Crippen molar-refractivity contribution in [3.8, 4) is 11.6 Å². The van der Waals surface area contributed by atoms with Gasteiger partial charge in [-0.2, -0.15) is 0 Å². The van der Waals surface area contributed by atoms with Crippen molar-refractivity contribution in [1.82, 2.24) is 9.97 Å². The number of benzene rings is 1. The van der Waals surface area contributed by atoms with Crippen LogP contribution in [0.5, 0.6) is 11.6 Å². The molecule has 0 fully saturated rings. The Bertz CT molecular complexity index is 900. The summed E-state index contributed by atoms with van der Waals surface area (Å²) in [5, 5.41) is 3.65. The molecule has 0 spiro atoms. The summed E-state index contributed by atoms with van der Waals surface area (Å²) in [6, 6.07) is 13.2. The Balaban J connectivity index is 1.69. The summed E-state index contributed by atoms with van der Waals surface area (Å²) in [5.41, 5.74) is 0.502. The van der Waals surface area contributed by atoms with Crippen molar-refractivity contribution in [2.75, 3.05) is 5.32 Å². The van der Waals surface area contributed by atoms with E-state index >= 15 is 0 Å². The normalized spacial score (nSPS) is 10.4. The Morgan fingerprint density at radius 2 is 1.72 bits per heavy atom.